The van der Waals surface area contributed by atoms with Gasteiger partial charge in [0, 0.05) is 29.6 Å². The zero-order valence-electron chi connectivity index (χ0n) is 12.3. The van der Waals surface area contributed by atoms with E-state index < -0.39 is 0 Å². The predicted molar refractivity (Wildman–Crippen MR) is 82.4 cm³/mol. The molecule has 0 aliphatic rings. The number of aromatic nitrogens is 2. The molecular formula is C15H21N3OS. The van der Waals surface area contributed by atoms with Gasteiger partial charge in [0.15, 0.2) is 0 Å². The second-order valence-corrected chi connectivity index (χ2v) is 5.63. The number of rotatable bonds is 7. The fourth-order valence-electron chi connectivity index (χ4n) is 1.97. The summed E-state index contributed by atoms with van der Waals surface area (Å²) in [4.78, 5) is 9.95. The van der Waals surface area contributed by atoms with Gasteiger partial charge in [0.05, 0.1) is 17.8 Å². The van der Waals surface area contributed by atoms with Gasteiger partial charge in [-0.2, -0.15) is 0 Å². The number of hydrogen-bond acceptors (Lipinski definition) is 5. The summed E-state index contributed by atoms with van der Waals surface area (Å²) in [5.41, 5.74) is 5.18. The predicted octanol–water partition coefficient (Wildman–Crippen LogP) is 2.89. The molecule has 20 heavy (non-hydrogen) atoms. The standard InChI is InChI=1S/C15H21N3OS/c1-4-16-9-13-7-11(2)18-15(8-13)19-6-5-14-12(3)17-10-20-14/h7-8,10,16H,4-6,9H2,1-3H3. The molecule has 0 aliphatic heterocycles. The Labute approximate surface area is 124 Å². The highest BCUT2D eigenvalue weighted by Crippen LogP contribution is 2.15. The first-order valence-electron chi connectivity index (χ1n) is 6.89. The largest absolute Gasteiger partial charge is 0.477 e. The Morgan fingerprint density at radius 3 is 2.85 bits per heavy atom. The average Bonchev–Trinajstić information content (AvgIpc) is 2.82. The second kappa shape index (κ2) is 7.36. The lowest BCUT2D eigenvalue weighted by atomic mass is 10.2. The highest BCUT2D eigenvalue weighted by molar-refractivity contribution is 7.09. The lowest BCUT2D eigenvalue weighted by molar-refractivity contribution is 0.309. The number of nitrogens with zero attached hydrogens (tertiary/aromatic N) is 2. The Balaban J connectivity index is 1.91. The Morgan fingerprint density at radius 2 is 2.15 bits per heavy atom. The highest BCUT2D eigenvalue weighted by Gasteiger charge is 2.04. The van der Waals surface area contributed by atoms with Gasteiger partial charge in [-0.3, -0.25) is 0 Å². The Kier molecular flexibility index (Phi) is 5.49. The summed E-state index contributed by atoms with van der Waals surface area (Å²) >= 11 is 1.68. The Bertz CT molecular complexity index is 554. The van der Waals surface area contributed by atoms with Gasteiger partial charge >= 0.3 is 0 Å². The van der Waals surface area contributed by atoms with Crippen LogP contribution in [0.2, 0.25) is 0 Å². The quantitative estimate of drug-likeness (QED) is 0.852. The fraction of sp³-hybridized carbons (Fsp3) is 0.467. The van der Waals surface area contributed by atoms with E-state index in [1.807, 2.05) is 25.4 Å². The van der Waals surface area contributed by atoms with Crippen molar-refractivity contribution in [2.75, 3.05) is 13.2 Å². The van der Waals surface area contributed by atoms with Crippen LogP contribution in [0, 0.1) is 13.8 Å². The molecule has 0 fully saturated rings. The van der Waals surface area contributed by atoms with Crippen molar-refractivity contribution in [1.82, 2.24) is 15.3 Å². The van der Waals surface area contributed by atoms with Crippen molar-refractivity contribution in [2.24, 2.45) is 0 Å². The third-order valence-electron chi connectivity index (χ3n) is 2.99. The van der Waals surface area contributed by atoms with Crippen LogP contribution in [-0.2, 0) is 13.0 Å². The molecule has 1 N–H and O–H groups in total. The number of pyridine rings is 1. The molecule has 4 nitrogen and oxygen atoms in total. The van der Waals surface area contributed by atoms with Crippen molar-refractivity contribution >= 4 is 11.3 Å². The summed E-state index contributed by atoms with van der Waals surface area (Å²) in [7, 11) is 0. The van der Waals surface area contributed by atoms with Crippen LogP contribution in [0.5, 0.6) is 5.88 Å². The molecule has 0 saturated carbocycles. The van der Waals surface area contributed by atoms with E-state index in [0.29, 0.717) is 12.5 Å². The van der Waals surface area contributed by atoms with Crippen molar-refractivity contribution < 1.29 is 4.74 Å². The average molecular weight is 291 g/mol. The molecule has 0 aromatic carbocycles. The lowest BCUT2D eigenvalue weighted by Gasteiger charge is -2.09. The smallest absolute Gasteiger partial charge is 0.213 e. The minimum atomic E-state index is 0.639. The van der Waals surface area contributed by atoms with Gasteiger partial charge in [0.1, 0.15) is 0 Å². The summed E-state index contributed by atoms with van der Waals surface area (Å²) in [6.07, 6.45) is 0.884. The Morgan fingerprint density at radius 1 is 1.30 bits per heavy atom. The van der Waals surface area contributed by atoms with E-state index in [-0.39, 0.29) is 0 Å². The van der Waals surface area contributed by atoms with Crippen LogP contribution in [0.1, 0.15) is 28.8 Å². The van der Waals surface area contributed by atoms with Gasteiger partial charge in [-0.05, 0) is 32.0 Å². The second-order valence-electron chi connectivity index (χ2n) is 4.69. The molecule has 108 valence electrons. The first-order chi connectivity index (χ1) is 9.69. The van der Waals surface area contributed by atoms with Crippen molar-refractivity contribution in [3.8, 4) is 5.88 Å². The molecular weight excluding hydrogens is 270 g/mol. The fourth-order valence-corrected chi connectivity index (χ4v) is 2.73. The lowest BCUT2D eigenvalue weighted by Crippen LogP contribution is -2.12. The monoisotopic (exact) mass is 291 g/mol. The molecule has 2 aromatic rings. The van der Waals surface area contributed by atoms with Crippen LogP contribution in [0.4, 0.5) is 0 Å². The van der Waals surface area contributed by atoms with Gasteiger partial charge in [-0.15, -0.1) is 11.3 Å². The van der Waals surface area contributed by atoms with E-state index in [4.69, 9.17) is 4.74 Å². The maximum Gasteiger partial charge on any atom is 0.213 e. The molecule has 0 radical (unpaired) electrons. The van der Waals surface area contributed by atoms with E-state index in [1.54, 1.807) is 11.3 Å². The number of aryl methyl sites for hydroxylation is 2. The zero-order valence-corrected chi connectivity index (χ0v) is 13.1. The van der Waals surface area contributed by atoms with Crippen LogP contribution >= 0.6 is 11.3 Å². The molecule has 5 heteroatoms. The van der Waals surface area contributed by atoms with Crippen molar-refractivity contribution in [2.45, 2.75) is 33.7 Å². The van der Waals surface area contributed by atoms with Crippen LogP contribution in [0.25, 0.3) is 0 Å². The van der Waals surface area contributed by atoms with Crippen molar-refractivity contribution in [3.05, 3.63) is 39.5 Å². The van der Waals surface area contributed by atoms with Gasteiger partial charge in [-0.25, -0.2) is 9.97 Å². The van der Waals surface area contributed by atoms with Gasteiger partial charge in [-0.1, -0.05) is 6.92 Å². The van der Waals surface area contributed by atoms with Crippen LogP contribution < -0.4 is 10.1 Å². The third kappa shape index (κ3) is 4.28. The number of thiazole rings is 1. The van der Waals surface area contributed by atoms with Crippen LogP contribution in [0.15, 0.2) is 17.6 Å². The highest BCUT2D eigenvalue weighted by atomic mass is 32.1. The zero-order chi connectivity index (χ0) is 14.4. The summed E-state index contributed by atoms with van der Waals surface area (Å²) in [5, 5.41) is 3.31. The van der Waals surface area contributed by atoms with Crippen molar-refractivity contribution in [1.29, 1.82) is 0 Å². The Hall–Kier alpha value is -1.46. The van der Waals surface area contributed by atoms with Gasteiger partial charge in [0.2, 0.25) is 5.88 Å². The first-order valence-corrected chi connectivity index (χ1v) is 7.77. The summed E-state index contributed by atoms with van der Waals surface area (Å²) in [6, 6.07) is 4.10. The maximum absolute atomic E-state index is 5.78. The van der Waals surface area contributed by atoms with E-state index >= 15 is 0 Å². The van der Waals surface area contributed by atoms with Crippen LogP contribution in [-0.4, -0.2) is 23.1 Å². The summed E-state index contributed by atoms with van der Waals surface area (Å²) in [5.74, 6) is 0.708. The minimum Gasteiger partial charge on any atom is -0.477 e. The van der Waals surface area contributed by atoms with Gasteiger partial charge < -0.3 is 10.1 Å². The van der Waals surface area contributed by atoms with E-state index in [0.717, 1.165) is 30.9 Å². The summed E-state index contributed by atoms with van der Waals surface area (Å²) < 4.78 is 5.78. The van der Waals surface area contributed by atoms with E-state index in [1.165, 1.54) is 10.4 Å². The van der Waals surface area contributed by atoms with E-state index in [2.05, 4.69) is 28.3 Å². The molecule has 0 aliphatic carbocycles. The minimum absolute atomic E-state index is 0.639. The van der Waals surface area contributed by atoms with Gasteiger partial charge in [0.25, 0.3) is 0 Å². The molecule has 0 unspecified atom stereocenters. The number of nitrogens with one attached hydrogen (secondary N) is 1. The third-order valence-corrected chi connectivity index (χ3v) is 3.99. The molecule has 2 rings (SSSR count). The summed E-state index contributed by atoms with van der Waals surface area (Å²) in [6.45, 7) is 8.58. The van der Waals surface area contributed by atoms with Crippen LogP contribution in [0.3, 0.4) is 0 Å². The molecule has 2 heterocycles. The molecule has 0 saturated heterocycles. The number of hydrogen-bond donors (Lipinski definition) is 1. The molecule has 2 aromatic heterocycles. The molecule has 0 atom stereocenters. The molecule has 0 bridgehead atoms. The van der Waals surface area contributed by atoms with E-state index in [9.17, 15) is 0 Å². The van der Waals surface area contributed by atoms with Crippen molar-refractivity contribution in [3.63, 3.8) is 0 Å². The first kappa shape index (κ1) is 14.9. The SMILES string of the molecule is CCNCc1cc(C)nc(OCCc2scnc2C)c1. The topological polar surface area (TPSA) is 47.0 Å². The molecule has 0 amide bonds. The number of ether oxygens (including phenoxy) is 1. The molecule has 0 spiro atoms. The maximum atomic E-state index is 5.78. The normalized spacial score (nSPS) is 10.8.